The molecule has 3 heteroatoms. The quantitative estimate of drug-likeness (QED) is 0.864. The van der Waals surface area contributed by atoms with Crippen LogP contribution >= 0.6 is 0 Å². The molecule has 1 saturated heterocycles. The van der Waals surface area contributed by atoms with Crippen molar-refractivity contribution in [2.24, 2.45) is 11.7 Å². The molecule has 0 bridgehead atoms. The summed E-state index contributed by atoms with van der Waals surface area (Å²) in [6.45, 7) is 2.17. The zero-order chi connectivity index (χ0) is 18.2. The van der Waals surface area contributed by atoms with E-state index in [0.717, 1.165) is 43.5 Å². The van der Waals surface area contributed by atoms with E-state index in [2.05, 4.69) is 36.1 Å². The minimum absolute atomic E-state index is 0.201. The summed E-state index contributed by atoms with van der Waals surface area (Å²) in [4.78, 5) is 13.9. The SMILES string of the molecule is NCCC(=O)N1CCC(Cc2ccc(C#Cc3ccccc3)cc2)CC1. The second-order valence-electron chi connectivity index (χ2n) is 6.88. The van der Waals surface area contributed by atoms with Crippen LogP contribution < -0.4 is 5.73 Å². The summed E-state index contributed by atoms with van der Waals surface area (Å²) < 4.78 is 0. The summed E-state index contributed by atoms with van der Waals surface area (Å²) in [5, 5.41) is 0. The first-order chi connectivity index (χ1) is 12.7. The molecule has 134 valence electrons. The minimum atomic E-state index is 0.201. The number of nitrogens with zero attached hydrogens (tertiary/aromatic N) is 1. The van der Waals surface area contributed by atoms with Gasteiger partial charge in [0.05, 0.1) is 0 Å². The molecule has 1 amide bonds. The second kappa shape index (κ2) is 9.22. The first kappa shape index (κ1) is 18.2. The lowest BCUT2D eigenvalue weighted by Crippen LogP contribution is -2.39. The fourth-order valence-corrected chi connectivity index (χ4v) is 3.39. The molecule has 0 spiro atoms. The van der Waals surface area contributed by atoms with E-state index in [0.29, 0.717) is 18.9 Å². The predicted octanol–water partition coefficient (Wildman–Crippen LogP) is 3.22. The average molecular weight is 346 g/mol. The zero-order valence-corrected chi connectivity index (χ0v) is 15.2. The number of benzene rings is 2. The molecule has 0 radical (unpaired) electrons. The maximum atomic E-state index is 11.9. The number of hydrogen-bond donors (Lipinski definition) is 1. The Labute approximate surface area is 156 Å². The number of amides is 1. The molecular weight excluding hydrogens is 320 g/mol. The lowest BCUT2D eigenvalue weighted by Gasteiger charge is -2.32. The number of carbonyl (C=O) groups is 1. The lowest BCUT2D eigenvalue weighted by atomic mass is 9.90. The van der Waals surface area contributed by atoms with E-state index in [1.54, 1.807) is 0 Å². The van der Waals surface area contributed by atoms with Gasteiger partial charge in [-0.2, -0.15) is 0 Å². The molecule has 0 unspecified atom stereocenters. The third kappa shape index (κ3) is 5.21. The Kier molecular flexibility index (Phi) is 6.46. The van der Waals surface area contributed by atoms with Crippen LogP contribution in [0.25, 0.3) is 0 Å². The number of hydrogen-bond acceptors (Lipinski definition) is 2. The van der Waals surface area contributed by atoms with E-state index in [-0.39, 0.29) is 5.91 Å². The number of likely N-dealkylation sites (tertiary alicyclic amines) is 1. The van der Waals surface area contributed by atoms with E-state index < -0.39 is 0 Å². The van der Waals surface area contributed by atoms with Crippen molar-refractivity contribution in [1.29, 1.82) is 0 Å². The van der Waals surface area contributed by atoms with Crippen LogP contribution in [-0.4, -0.2) is 30.4 Å². The highest BCUT2D eigenvalue weighted by atomic mass is 16.2. The fourth-order valence-electron chi connectivity index (χ4n) is 3.39. The molecular formula is C23H26N2O. The van der Waals surface area contributed by atoms with Gasteiger partial charge in [0.2, 0.25) is 5.91 Å². The summed E-state index contributed by atoms with van der Waals surface area (Å²) in [7, 11) is 0. The van der Waals surface area contributed by atoms with Crippen LogP contribution in [0.1, 0.15) is 36.0 Å². The molecule has 0 aromatic heterocycles. The molecule has 1 aliphatic heterocycles. The summed E-state index contributed by atoms with van der Waals surface area (Å²) in [5.41, 5.74) is 8.90. The fraction of sp³-hybridized carbons (Fsp3) is 0.348. The molecule has 1 fully saturated rings. The van der Waals surface area contributed by atoms with E-state index in [1.807, 2.05) is 35.2 Å². The van der Waals surface area contributed by atoms with Crippen molar-refractivity contribution in [3.05, 3.63) is 71.3 Å². The molecule has 0 aliphatic carbocycles. The molecule has 0 saturated carbocycles. The number of rotatable bonds is 4. The molecule has 0 atom stereocenters. The van der Waals surface area contributed by atoms with Crippen molar-refractivity contribution in [2.45, 2.75) is 25.7 Å². The van der Waals surface area contributed by atoms with Gasteiger partial charge in [0.15, 0.2) is 0 Å². The van der Waals surface area contributed by atoms with Crippen LogP contribution in [0.4, 0.5) is 0 Å². The van der Waals surface area contributed by atoms with Crippen LogP contribution in [0, 0.1) is 17.8 Å². The summed E-state index contributed by atoms with van der Waals surface area (Å²) >= 11 is 0. The van der Waals surface area contributed by atoms with Gasteiger partial charge in [-0.15, -0.1) is 0 Å². The van der Waals surface area contributed by atoms with Gasteiger partial charge in [0, 0.05) is 37.2 Å². The molecule has 1 heterocycles. The Bertz CT molecular complexity index is 763. The van der Waals surface area contributed by atoms with Crippen LogP contribution in [0.2, 0.25) is 0 Å². The van der Waals surface area contributed by atoms with Gasteiger partial charge in [-0.3, -0.25) is 4.79 Å². The smallest absolute Gasteiger partial charge is 0.223 e. The average Bonchev–Trinajstić information content (AvgIpc) is 2.69. The highest BCUT2D eigenvalue weighted by Crippen LogP contribution is 2.22. The third-order valence-electron chi connectivity index (χ3n) is 4.93. The lowest BCUT2D eigenvalue weighted by molar-refractivity contribution is -0.132. The van der Waals surface area contributed by atoms with Crippen molar-refractivity contribution in [2.75, 3.05) is 19.6 Å². The standard InChI is InChI=1S/C23H26N2O/c24-15-12-23(26)25-16-13-22(14-17-25)18-21-10-8-20(9-11-21)7-6-19-4-2-1-3-5-19/h1-5,8-11,22H,12-18,24H2. The highest BCUT2D eigenvalue weighted by molar-refractivity contribution is 5.76. The van der Waals surface area contributed by atoms with Gasteiger partial charge in [0.1, 0.15) is 0 Å². The van der Waals surface area contributed by atoms with Crippen LogP contribution in [0.5, 0.6) is 0 Å². The Morgan fingerprint density at radius 1 is 0.962 bits per heavy atom. The topological polar surface area (TPSA) is 46.3 Å². The van der Waals surface area contributed by atoms with Crippen molar-refractivity contribution in [1.82, 2.24) is 4.90 Å². The van der Waals surface area contributed by atoms with Gasteiger partial charge in [-0.1, -0.05) is 42.2 Å². The Morgan fingerprint density at radius 3 is 2.19 bits per heavy atom. The van der Waals surface area contributed by atoms with Crippen molar-refractivity contribution in [3.8, 4) is 11.8 Å². The Hall–Kier alpha value is -2.57. The molecule has 2 aromatic carbocycles. The zero-order valence-electron chi connectivity index (χ0n) is 15.2. The third-order valence-corrected chi connectivity index (χ3v) is 4.93. The summed E-state index contributed by atoms with van der Waals surface area (Å²) in [5.74, 6) is 7.26. The Balaban J connectivity index is 1.51. The monoisotopic (exact) mass is 346 g/mol. The van der Waals surface area contributed by atoms with E-state index >= 15 is 0 Å². The first-order valence-corrected chi connectivity index (χ1v) is 9.38. The molecule has 3 rings (SSSR count). The van der Waals surface area contributed by atoms with E-state index in [4.69, 9.17) is 5.73 Å². The van der Waals surface area contributed by atoms with Crippen molar-refractivity contribution in [3.63, 3.8) is 0 Å². The molecule has 3 nitrogen and oxygen atoms in total. The minimum Gasteiger partial charge on any atom is -0.343 e. The largest absolute Gasteiger partial charge is 0.343 e. The van der Waals surface area contributed by atoms with Crippen molar-refractivity contribution < 1.29 is 4.79 Å². The van der Waals surface area contributed by atoms with Gasteiger partial charge >= 0.3 is 0 Å². The van der Waals surface area contributed by atoms with Crippen LogP contribution in [0.15, 0.2) is 54.6 Å². The second-order valence-corrected chi connectivity index (χ2v) is 6.88. The summed E-state index contributed by atoms with van der Waals surface area (Å²) in [6, 6.07) is 18.6. The first-order valence-electron chi connectivity index (χ1n) is 9.38. The van der Waals surface area contributed by atoms with Gasteiger partial charge < -0.3 is 10.6 Å². The number of nitrogens with two attached hydrogens (primary N) is 1. The Morgan fingerprint density at radius 2 is 1.58 bits per heavy atom. The van der Waals surface area contributed by atoms with Crippen LogP contribution in [-0.2, 0) is 11.2 Å². The van der Waals surface area contributed by atoms with Gasteiger partial charge in [-0.05, 0) is 55.0 Å². The maximum Gasteiger partial charge on any atom is 0.223 e. The normalized spacial score (nSPS) is 14.6. The van der Waals surface area contributed by atoms with Crippen molar-refractivity contribution >= 4 is 5.91 Å². The van der Waals surface area contributed by atoms with E-state index in [9.17, 15) is 4.79 Å². The number of piperidine rings is 1. The number of carbonyl (C=O) groups excluding carboxylic acids is 1. The predicted molar refractivity (Wildman–Crippen MR) is 106 cm³/mol. The van der Waals surface area contributed by atoms with E-state index in [1.165, 1.54) is 5.56 Å². The summed E-state index contributed by atoms with van der Waals surface area (Å²) in [6.07, 6.45) is 3.69. The molecule has 26 heavy (non-hydrogen) atoms. The molecule has 2 N–H and O–H groups in total. The molecule has 2 aromatic rings. The maximum absolute atomic E-state index is 11.9. The van der Waals surface area contributed by atoms with Crippen LogP contribution in [0.3, 0.4) is 0 Å². The highest BCUT2D eigenvalue weighted by Gasteiger charge is 2.22. The van der Waals surface area contributed by atoms with Gasteiger partial charge in [-0.25, -0.2) is 0 Å². The molecule has 1 aliphatic rings. The van der Waals surface area contributed by atoms with Gasteiger partial charge in [0.25, 0.3) is 0 Å².